The van der Waals surface area contributed by atoms with Crippen molar-refractivity contribution in [2.24, 2.45) is 12.8 Å². The van der Waals surface area contributed by atoms with Crippen LogP contribution in [0.4, 0.5) is 0 Å². The predicted molar refractivity (Wildman–Crippen MR) is 48.0 cm³/mol. The molecule has 0 amide bonds. The van der Waals surface area contributed by atoms with Crippen LogP contribution in [0.15, 0.2) is 18.9 Å². The number of aromatic nitrogens is 6. The molecule has 2 heterocycles. The molecule has 2 N–H and O–H groups in total. The molecule has 0 aliphatic carbocycles. The molecule has 0 radical (unpaired) electrons. The summed E-state index contributed by atoms with van der Waals surface area (Å²) in [6, 6.07) is -0.203. The first kappa shape index (κ1) is 8.82. The highest BCUT2D eigenvalue weighted by atomic mass is 15.5. The molecular weight excluding hydrogens is 182 g/mol. The molecule has 7 heteroatoms. The Labute approximate surface area is 80.5 Å². The fraction of sp³-hybridized carbons (Fsp3) is 0.429. The van der Waals surface area contributed by atoms with Gasteiger partial charge in [0.2, 0.25) is 0 Å². The van der Waals surface area contributed by atoms with Crippen molar-refractivity contribution < 1.29 is 0 Å². The summed E-state index contributed by atoms with van der Waals surface area (Å²) in [5.41, 5.74) is 6.65. The summed E-state index contributed by atoms with van der Waals surface area (Å²) in [5, 5.41) is 12.0. The Hall–Kier alpha value is -1.76. The van der Waals surface area contributed by atoms with E-state index in [2.05, 4.69) is 20.3 Å². The van der Waals surface area contributed by atoms with Gasteiger partial charge in [0.15, 0.2) is 0 Å². The second-order valence-electron chi connectivity index (χ2n) is 2.98. The molecule has 2 aromatic rings. The molecule has 1 atom stereocenters. The predicted octanol–water partition coefficient (Wildman–Crippen LogP) is -0.893. The Morgan fingerprint density at radius 1 is 1.50 bits per heavy atom. The zero-order valence-electron chi connectivity index (χ0n) is 7.78. The lowest BCUT2D eigenvalue weighted by Gasteiger charge is -2.06. The molecule has 2 rings (SSSR count). The average molecular weight is 193 g/mol. The normalized spacial score (nSPS) is 13.0. The van der Waals surface area contributed by atoms with E-state index in [4.69, 9.17) is 5.73 Å². The van der Waals surface area contributed by atoms with Crippen LogP contribution in [0, 0.1) is 0 Å². The van der Waals surface area contributed by atoms with Gasteiger partial charge < -0.3 is 5.73 Å². The smallest absolute Gasteiger partial charge is 0.137 e. The molecule has 1 unspecified atom stereocenters. The lowest BCUT2D eigenvalue weighted by Crippen LogP contribution is -2.18. The minimum absolute atomic E-state index is 0.203. The molecule has 0 bridgehead atoms. The highest BCUT2D eigenvalue weighted by Crippen LogP contribution is 2.06. The van der Waals surface area contributed by atoms with Crippen molar-refractivity contribution in [3.63, 3.8) is 0 Å². The molecule has 0 fully saturated rings. The zero-order chi connectivity index (χ0) is 9.97. The summed E-state index contributed by atoms with van der Waals surface area (Å²) in [6.07, 6.45) is 4.75. The average Bonchev–Trinajstić information content (AvgIpc) is 2.75. The second-order valence-corrected chi connectivity index (χ2v) is 2.98. The minimum Gasteiger partial charge on any atom is -0.321 e. The zero-order valence-corrected chi connectivity index (χ0v) is 7.78. The first-order valence-electron chi connectivity index (χ1n) is 4.20. The van der Waals surface area contributed by atoms with E-state index in [-0.39, 0.29) is 6.04 Å². The summed E-state index contributed by atoms with van der Waals surface area (Å²) < 4.78 is 1.67. The van der Waals surface area contributed by atoms with Gasteiger partial charge in [-0.3, -0.25) is 4.68 Å². The summed E-state index contributed by atoms with van der Waals surface area (Å²) in [5.74, 6) is 0. The number of nitrogens with zero attached hydrogens (tertiary/aromatic N) is 6. The summed E-state index contributed by atoms with van der Waals surface area (Å²) in [7, 11) is 1.76. The van der Waals surface area contributed by atoms with Crippen molar-refractivity contribution >= 4 is 0 Å². The fourth-order valence-corrected chi connectivity index (χ4v) is 1.15. The van der Waals surface area contributed by atoms with Gasteiger partial charge in [0.25, 0.3) is 0 Å². The van der Waals surface area contributed by atoms with E-state index < -0.39 is 0 Å². The van der Waals surface area contributed by atoms with Crippen LogP contribution in [0.2, 0.25) is 0 Å². The Bertz CT molecular complexity index is 390. The van der Waals surface area contributed by atoms with Gasteiger partial charge in [0, 0.05) is 7.05 Å². The number of hydrogen-bond donors (Lipinski definition) is 1. The summed E-state index contributed by atoms with van der Waals surface area (Å²) >= 11 is 0. The molecule has 0 aliphatic rings. The number of hydrogen-bond acceptors (Lipinski definition) is 5. The minimum atomic E-state index is -0.203. The van der Waals surface area contributed by atoms with Gasteiger partial charge >= 0.3 is 0 Å². The van der Waals surface area contributed by atoms with Crippen LogP contribution >= 0.6 is 0 Å². The lowest BCUT2D eigenvalue weighted by atomic mass is 10.2. The molecule has 7 nitrogen and oxygen atoms in total. The first-order valence-corrected chi connectivity index (χ1v) is 4.20. The second kappa shape index (κ2) is 3.54. The topological polar surface area (TPSA) is 87.4 Å². The molecule has 74 valence electrons. The lowest BCUT2D eigenvalue weighted by molar-refractivity contribution is 0.510. The Morgan fingerprint density at radius 3 is 2.93 bits per heavy atom. The van der Waals surface area contributed by atoms with Crippen molar-refractivity contribution in [3.8, 4) is 0 Å². The largest absolute Gasteiger partial charge is 0.321 e. The van der Waals surface area contributed by atoms with Crippen LogP contribution in [0.5, 0.6) is 0 Å². The van der Waals surface area contributed by atoms with E-state index in [1.165, 1.54) is 11.1 Å². The molecule has 0 aliphatic heterocycles. The van der Waals surface area contributed by atoms with E-state index in [0.717, 1.165) is 5.69 Å². The van der Waals surface area contributed by atoms with Crippen molar-refractivity contribution in [2.45, 2.75) is 12.6 Å². The van der Waals surface area contributed by atoms with Gasteiger partial charge in [-0.1, -0.05) is 0 Å². The van der Waals surface area contributed by atoms with Crippen LogP contribution in [0.25, 0.3) is 0 Å². The van der Waals surface area contributed by atoms with Gasteiger partial charge in [-0.05, 0) is 0 Å². The molecule has 14 heavy (non-hydrogen) atoms. The van der Waals surface area contributed by atoms with E-state index in [0.29, 0.717) is 6.54 Å². The molecular formula is C7H11N7. The standard InChI is InChI=1S/C7H11N7/c1-13-10-2-7(12-13)6(8)3-14-5-9-4-11-14/h2,4-6H,3,8H2,1H3. The maximum absolute atomic E-state index is 5.90. The number of aryl methyl sites for hydroxylation is 1. The maximum atomic E-state index is 5.90. The third kappa shape index (κ3) is 1.77. The number of rotatable bonds is 3. The van der Waals surface area contributed by atoms with Crippen LogP contribution in [-0.2, 0) is 13.6 Å². The van der Waals surface area contributed by atoms with Crippen molar-refractivity contribution in [3.05, 3.63) is 24.5 Å². The van der Waals surface area contributed by atoms with Crippen LogP contribution < -0.4 is 5.73 Å². The fourth-order valence-electron chi connectivity index (χ4n) is 1.15. The first-order chi connectivity index (χ1) is 6.75. The Kier molecular flexibility index (Phi) is 2.23. The van der Waals surface area contributed by atoms with E-state index >= 15 is 0 Å². The quantitative estimate of drug-likeness (QED) is 0.683. The van der Waals surface area contributed by atoms with Gasteiger partial charge in [-0.2, -0.15) is 20.1 Å². The van der Waals surface area contributed by atoms with Crippen LogP contribution in [0.1, 0.15) is 11.7 Å². The number of nitrogens with two attached hydrogens (primary N) is 1. The molecule has 2 aromatic heterocycles. The Balaban J connectivity index is 2.06. The Morgan fingerprint density at radius 2 is 2.36 bits per heavy atom. The molecule has 0 spiro atoms. The monoisotopic (exact) mass is 193 g/mol. The van der Waals surface area contributed by atoms with E-state index in [1.807, 2.05) is 0 Å². The van der Waals surface area contributed by atoms with E-state index in [1.54, 1.807) is 24.3 Å². The van der Waals surface area contributed by atoms with E-state index in [9.17, 15) is 0 Å². The molecule has 0 aromatic carbocycles. The highest BCUT2D eigenvalue weighted by Gasteiger charge is 2.10. The summed E-state index contributed by atoms with van der Waals surface area (Å²) in [6.45, 7) is 0.554. The maximum Gasteiger partial charge on any atom is 0.137 e. The van der Waals surface area contributed by atoms with Crippen molar-refractivity contribution in [1.82, 2.24) is 29.8 Å². The summed E-state index contributed by atoms with van der Waals surface area (Å²) in [4.78, 5) is 5.31. The van der Waals surface area contributed by atoms with Crippen LogP contribution in [-0.4, -0.2) is 29.8 Å². The van der Waals surface area contributed by atoms with Gasteiger partial charge in [0.1, 0.15) is 18.3 Å². The third-order valence-electron chi connectivity index (χ3n) is 1.85. The van der Waals surface area contributed by atoms with Crippen molar-refractivity contribution in [1.29, 1.82) is 0 Å². The highest BCUT2D eigenvalue weighted by molar-refractivity contribution is 4.98. The van der Waals surface area contributed by atoms with Gasteiger partial charge in [-0.15, -0.1) is 0 Å². The molecule has 0 saturated carbocycles. The molecule has 0 saturated heterocycles. The van der Waals surface area contributed by atoms with Crippen molar-refractivity contribution in [2.75, 3.05) is 0 Å². The van der Waals surface area contributed by atoms with Gasteiger partial charge in [0.05, 0.1) is 18.8 Å². The van der Waals surface area contributed by atoms with Crippen LogP contribution in [0.3, 0.4) is 0 Å². The van der Waals surface area contributed by atoms with Gasteiger partial charge in [-0.25, -0.2) is 4.98 Å². The SMILES string of the molecule is Cn1ncc(C(N)Cn2cncn2)n1. The third-order valence-corrected chi connectivity index (χ3v) is 1.85.